The summed E-state index contributed by atoms with van der Waals surface area (Å²) in [6.45, 7) is 0.788. The summed E-state index contributed by atoms with van der Waals surface area (Å²) in [5, 5.41) is 19.6. The van der Waals surface area contributed by atoms with Crippen LogP contribution in [0.3, 0.4) is 0 Å². The van der Waals surface area contributed by atoms with Gasteiger partial charge in [-0.25, -0.2) is 9.63 Å². The molecule has 0 radical (unpaired) electrons. The smallest absolute Gasteiger partial charge is 0.328 e. The van der Waals surface area contributed by atoms with Gasteiger partial charge in [0.15, 0.2) is 0 Å². The number of nitrogens with zero attached hydrogens (tertiary/aromatic N) is 1. The van der Waals surface area contributed by atoms with Gasteiger partial charge in [0.1, 0.15) is 11.8 Å². The number of hydrogen-bond acceptors (Lipinski definition) is 7. The Morgan fingerprint density at radius 1 is 1.47 bits per heavy atom. The van der Waals surface area contributed by atoms with E-state index in [0.717, 1.165) is 19.4 Å². The Morgan fingerprint density at radius 2 is 2.32 bits per heavy atom. The largest absolute Gasteiger partial charge is 0.425 e. The first kappa shape index (κ1) is 13.9. The number of nitrogens with one attached hydrogen (secondary N) is 1. The van der Waals surface area contributed by atoms with Crippen LogP contribution in [-0.2, 0) is 16.2 Å². The van der Waals surface area contributed by atoms with Crippen LogP contribution in [0.25, 0.3) is 0 Å². The quantitative estimate of drug-likeness (QED) is 0.414. The van der Waals surface area contributed by atoms with Gasteiger partial charge in [0, 0.05) is 0 Å². The Labute approximate surface area is 110 Å². The number of esters is 1. The molecule has 1 aliphatic heterocycles. The van der Waals surface area contributed by atoms with Gasteiger partial charge in [0.2, 0.25) is 0 Å². The van der Waals surface area contributed by atoms with Crippen molar-refractivity contribution in [2.45, 2.75) is 25.5 Å². The van der Waals surface area contributed by atoms with Crippen LogP contribution >= 0.6 is 0 Å². The van der Waals surface area contributed by atoms with Crippen LogP contribution in [0.4, 0.5) is 0 Å². The highest BCUT2D eigenvalue weighted by molar-refractivity contribution is 5.78. The van der Waals surface area contributed by atoms with Gasteiger partial charge < -0.3 is 10.1 Å². The van der Waals surface area contributed by atoms with Crippen LogP contribution in [0.2, 0.25) is 0 Å². The van der Waals surface area contributed by atoms with Crippen LogP contribution in [-0.4, -0.2) is 34.4 Å². The molecule has 1 atom stereocenters. The Hall–Kier alpha value is -1.51. The lowest BCUT2D eigenvalue weighted by molar-refractivity contribution is -0.497. The molecule has 0 spiro atoms. The average Bonchev–Trinajstić information content (AvgIpc) is 2.91. The Kier molecular flexibility index (Phi) is 4.83. The molecule has 1 aromatic carbocycles. The van der Waals surface area contributed by atoms with Gasteiger partial charge in [0.25, 0.3) is 0 Å². The van der Waals surface area contributed by atoms with Crippen LogP contribution in [0.1, 0.15) is 18.4 Å². The zero-order valence-electron chi connectivity index (χ0n) is 10.3. The highest BCUT2D eigenvalue weighted by atomic mass is 17.1. The predicted molar refractivity (Wildman–Crippen MR) is 63.3 cm³/mol. The number of benzene rings is 1. The van der Waals surface area contributed by atoms with Crippen LogP contribution in [0.5, 0.6) is 5.75 Å². The van der Waals surface area contributed by atoms with Crippen molar-refractivity contribution in [3.8, 4) is 5.75 Å². The molecule has 7 heteroatoms. The molecule has 1 heterocycles. The maximum atomic E-state index is 11.8. The summed E-state index contributed by atoms with van der Waals surface area (Å²) in [5.74, 6) is 0.101. The summed E-state index contributed by atoms with van der Waals surface area (Å²) in [7, 11) is 0. The number of carbonyl (C=O) groups is 1. The number of carbonyl (C=O) groups excluding carboxylic acids is 1. The first-order valence-corrected chi connectivity index (χ1v) is 6.00. The molecular formula is C12H16N2O5. The number of rotatable bonds is 5. The number of hydrogen-bond donors (Lipinski definition) is 3. The summed E-state index contributed by atoms with van der Waals surface area (Å²) in [6, 6.07) is 6.43. The molecule has 0 bridgehead atoms. The van der Waals surface area contributed by atoms with E-state index in [1.807, 2.05) is 0 Å². The van der Waals surface area contributed by atoms with Crippen LogP contribution < -0.4 is 10.1 Å². The average molecular weight is 268 g/mol. The highest BCUT2D eigenvalue weighted by Crippen LogP contribution is 2.16. The molecule has 1 fully saturated rings. The summed E-state index contributed by atoms with van der Waals surface area (Å²) in [5.41, 5.74) is 0.651. The minimum Gasteiger partial charge on any atom is -0.425 e. The van der Waals surface area contributed by atoms with E-state index in [1.165, 1.54) is 0 Å². The molecule has 0 aliphatic carbocycles. The van der Waals surface area contributed by atoms with Crippen molar-refractivity contribution in [3.63, 3.8) is 0 Å². The van der Waals surface area contributed by atoms with E-state index >= 15 is 0 Å². The first-order valence-electron chi connectivity index (χ1n) is 6.00. The summed E-state index contributed by atoms with van der Waals surface area (Å²) in [6.07, 6.45) is 1.75. The molecule has 1 saturated heterocycles. The second kappa shape index (κ2) is 6.60. The monoisotopic (exact) mass is 268 g/mol. The predicted octanol–water partition coefficient (Wildman–Crippen LogP) is 0.856. The molecule has 0 amide bonds. The standard InChI is InChI=1S/C12H16N2O5/c15-12(11-5-2-6-13-11)19-10-4-1-3-9(7-10)8-18-14(16)17/h1,3-4,7,11,13,16-17H,2,5-6,8H2. The van der Waals surface area contributed by atoms with Gasteiger partial charge in [-0.05, 0) is 37.1 Å². The molecular weight excluding hydrogens is 252 g/mol. The van der Waals surface area contributed by atoms with E-state index in [-0.39, 0.29) is 24.0 Å². The third kappa shape index (κ3) is 4.27. The van der Waals surface area contributed by atoms with E-state index in [2.05, 4.69) is 10.2 Å². The van der Waals surface area contributed by atoms with Gasteiger partial charge in [-0.1, -0.05) is 12.1 Å². The molecule has 1 unspecified atom stereocenters. The van der Waals surface area contributed by atoms with Crippen molar-refractivity contribution < 1.29 is 24.8 Å². The van der Waals surface area contributed by atoms with Crippen molar-refractivity contribution in [2.24, 2.45) is 0 Å². The Morgan fingerprint density at radius 3 is 3.00 bits per heavy atom. The molecule has 0 saturated carbocycles. The van der Waals surface area contributed by atoms with Crippen molar-refractivity contribution in [1.82, 2.24) is 10.7 Å². The number of ether oxygens (including phenoxy) is 1. The van der Waals surface area contributed by atoms with Gasteiger partial charge >= 0.3 is 5.97 Å². The van der Waals surface area contributed by atoms with E-state index in [0.29, 0.717) is 11.3 Å². The minimum absolute atomic E-state index is 0.0416. The lowest BCUT2D eigenvalue weighted by atomic mass is 10.2. The van der Waals surface area contributed by atoms with Gasteiger partial charge in [-0.3, -0.25) is 10.4 Å². The maximum Gasteiger partial charge on any atom is 0.328 e. The Balaban J connectivity index is 1.92. The fraction of sp³-hybridized carbons (Fsp3) is 0.417. The third-order valence-electron chi connectivity index (χ3n) is 2.81. The van der Waals surface area contributed by atoms with E-state index in [1.54, 1.807) is 24.3 Å². The Bertz CT molecular complexity index is 432. The fourth-order valence-electron chi connectivity index (χ4n) is 1.90. The van der Waals surface area contributed by atoms with E-state index < -0.39 is 0 Å². The van der Waals surface area contributed by atoms with Crippen molar-refractivity contribution in [3.05, 3.63) is 29.8 Å². The minimum atomic E-state index is -0.360. The van der Waals surface area contributed by atoms with Crippen molar-refractivity contribution in [1.29, 1.82) is 0 Å². The van der Waals surface area contributed by atoms with Crippen LogP contribution in [0.15, 0.2) is 24.3 Å². The third-order valence-corrected chi connectivity index (χ3v) is 2.81. The van der Waals surface area contributed by atoms with Gasteiger partial charge in [-0.15, -0.1) is 0 Å². The molecule has 0 aromatic heterocycles. The molecule has 19 heavy (non-hydrogen) atoms. The lowest BCUT2D eigenvalue weighted by Crippen LogP contribution is -2.34. The molecule has 104 valence electrons. The summed E-state index contributed by atoms with van der Waals surface area (Å²) >= 11 is 0. The van der Waals surface area contributed by atoms with Crippen LogP contribution in [0, 0.1) is 0 Å². The lowest BCUT2D eigenvalue weighted by Gasteiger charge is -2.11. The molecule has 1 aromatic rings. The van der Waals surface area contributed by atoms with E-state index in [4.69, 9.17) is 15.2 Å². The van der Waals surface area contributed by atoms with E-state index in [9.17, 15) is 4.79 Å². The maximum absolute atomic E-state index is 11.8. The molecule has 2 rings (SSSR count). The fourth-order valence-corrected chi connectivity index (χ4v) is 1.90. The molecule has 7 nitrogen and oxygen atoms in total. The van der Waals surface area contributed by atoms with Crippen molar-refractivity contribution in [2.75, 3.05) is 6.54 Å². The zero-order chi connectivity index (χ0) is 13.7. The normalized spacial score (nSPS) is 18.8. The molecule has 1 aliphatic rings. The molecule has 3 N–H and O–H groups in total. The van der Waals surface area contributed by atoms with Gasteiger partial charge in [-0.2, -0.15) is 0 Å². The van der Waals surface area contributed by atoms with Crippen molar-refractivity contribution >= 4 is 5.97 Å². The SMILES string of the molecule is O=C(Oc1cccc(CON(O)O)c1)C1CCCN1. The second-order valence-electron chi connectivity index (χ2n) is 4.24. The zero-order valence-corrected chi connectivity index (χ0v) is 10.3. The second-order valence-corrected chi connectivity index (χ2v) is 4.24. The topological polar surface area (TPSA) is 91.3 Å². The summed E-state index contributed by atoms with van der Waals surface area (Å²) in [4.78, 5) is 16.3. The summed E-state index contributed by atoms with van der Waals surface area (Å²) < 4.78 is 5.25. The van der Waals surface area contributed by atoms with Gasteiger partial charge in [0.05, 0.1) is 12.0 Å². The first-order chi connectivity index (χ1) is 9.15. The highest BCUT2D eigenvalue weighted by Gasteiger charge is 2.23.